The number of rotatable bonds is 8. The molecular weight excluding hydrogens is 448 g/mol. The second kappa shape index (κ2) is 10.7. The molecule has 4 nitrogen and oxygen atoms in total. The van der Waals surface area contributed by atoms with Crippen molar-refractivity contribution in [2.45, 2.75) is 0 Å². The van der Waals surface area contributed by atoms with Crippen LogP contribution in [-0.4, -0.2) is 14.2 Å². The van der Waals surface area contributed by atoms with Gasteiger partial charge in [0.05, 0.1) is 14.2 Å². The van der Waals surface area contributed by atoms with Gasteiger partial charge in [-0.05, 0) is 101 Å². The first-order valence-corrected chi connectivity index (χ1v) is 11.6. The molecule has 0 aliphatic carbocycles. The maximum absolute atomic E-state index is 5.95. The third kappa shape index (κ3) is 5.50. The molecule has 0 bridgehead atoms. The van der Waals surface area contributed by atoms with Gasteiger partial charge in [-0.15, -0.1) is 0 Å². The molecule has 0 N–H and O–H groups in total. The van der Waals surface area contributed by atoms with E-state index in [4.69, 9.17) is 18.9 Å². The molecule has 0 unspecified atom stereocenters. The lowest BCUT2D eigenvalue weighted by Crippen LogP contribution is -1.87. The van der Waals surface area contributed by atoms with Crippen molar-refractivity contribution in [1.82, 2.24) is 0 Å². The van der Waals surface area contributed by atoms with E-state index >= 15 is 0 Å². The van der Waals surface area contributed by atoms with Gasteiger partial charge in [0.1, 0.15) is 34.5 Å². The van der Waals surface area contributed by atoms with E-state index in [2.05, 4.69) is 48.5 Å². The van der Waals surface area contributed by atoms with E-state index in [9.17, 15) is 0 Å². The minimum absolute atomic E-state index is 0.768. The van der Waals surface area contributed by atoms with Crippen LogP contribution in [0.25, 0.3) is 22.3 Å². The topological polar surface area (TPSA) is 36.9 Å². The zero-order valence-electron chi connectivity index (χ0n) is 20.2. The zero-order valence-corrected chi connectivity index (χ0v) is 20.2. The predicted octanol–water partition coefficient (Wildman–Crippen LogP) is 8.62. The number of hydrogen-bond donors (Lipinski definition) is 0. The second-order valence-electron chi connectivity index (χ2n) is 8.18. The molecule has 0 aromatic heterocycles. The average Bonchev–Trinajstić information content (AvgIpc) is 2.95. The Morgan fingerprint density at radius 2 is 0.639 bits per heavy atom. The maximum atomic E-state index is 5.95. The van der Waals surface area contributed by atoms with Gasteiger partial charge in [-0.1, -0.05) is 42.5 Å². The van der Waals surface area contributed by atoms with Gasteiger partial charge in [0.15, 0.2) is 0 Å². The lowest BCUT2D eigenvalue weighted by molar-refractivity contribution is 0.413. The van der Waals surface area contributed by atoms with E-state index < -0.39 is 0 Å². The first-order valence-electron chi connectivity index (χ1n) is 11.6. The van der Waals surface area contributed by atoms with Crippen LogP contribution >= 0.6 is 0 Å². The molecule has 0 heterocycles. The van der Waals surface area contributed by atoms with Crippen molar-refractivity contribution in [1.29, 1.82) is 0 Å². The van der Waals surface area contributed by atoms with E-state index in [1.54, 1.807) is 14.2 Å². The highest BCUT2D eigenvalue weighted by Gasteiger charge is 2.05. The fraction of sp³-hybridized carbons (Fsp3) is 0.0625. The Morgan fingerprint density at radius 1 is 0.333 bits per heavy atom. The van der Waals surface area contributed by atoms with Crippen molar-refractivity contribution >= 4 is 0 Å². The quantitative estimate of drug-likeness (QED) is 0.226. The SMILES string of the molecule is COc1ccc(Oc2ccc(-c3cccc(-c4ccc(Oc5ccc(OC)cc5)cc4)c3)cc2)cc1. The van der Waals surface area contributed by atoms with Crippen molar-refractivity contribution in [3.05, 3.63) is 121 Å². The molecule has 0 saturated heterocycles. The highest BCUT2D eigenvalue weighted by atomic mass is 16.5. The smallest absolute Gasteiger partial charge is 0.127 e. The Balaban J connectivity index is 1.27. The van der Waals surface area contributed by atoms with Crippen LogP contribution in [0.2, 0.25) is 0 Å². The van der Waals surface area contributed by atoms with Gasteiger partial charge in [-0.3, -0.25) is 0 Å². The summed E-state index contributed by atoms with van der Waals surface area (Å²) in [4.78, 5) is 0. The molecule has 5 rings (SSSR count). The van der Waals surface area contributed by atoms with Crippen LogP contribution in [0.4, 0.5) is 0 Å². The molecule has 0 saturated carbocycles. The Hall–Kier alpha value is -4.70. The Kier molecular flexibility index (Phi) is 6.86. The van der Waals surface area contributed by atoms with Crippen LogP contribution in [0, 0.1) is 0 Å². The summed E-state index contributed by atoms with van der Waals surface area (Å²) in [5.74, 6) is 4.71. The fourth-order valence-corrected chi connectivity index (χ4v) is 3.87. The molecule has 4 heteroatoms. The van der Waals surface area contributed by atoms with Gasteiger partial charge in [0, 0.05) is 0 Å². The molecule has 0 spiro atoms. The first kappa shape index (κ1) is 23.1. The monoisotopic (exact) mass is 474 g/mol. The maximum Gasteiger partial charge on any atom is 0.127 e. The summed E-state index contributed by atoms with van der Waals surface area (Å²) in [5, 5.41) is 0. The number of methoxy groups -OCH3 is 2. The molecule has 0 fully saturated rings. The molecule has 178 valence electrons. The molecule has 0 radical (unpaired) electrons. The third-order valence-corrected chi connectivity index (χ3v) is 5.83. The largest absolute Gasteiger partial charge is 0.497 e. The fourth-order valence-electron chi connectivity index (χ4n) is 3.87. The molecule has 0 atom stereocenters. The summed E-state index contributed by atoms with van der Waals surface area (Å²) < 4.78 is 22.3. The number of hydrogen-bond acceptors (Lipinski definition) is 4. The molecule has 36 heavy (non-hydrogen) atoms. The summed E-state index contributed by atoms with van der Waals surface area (Å²) in [6.07, 6.45) is 0. The van der Waals surface area contributed by atoms with Crippen molar-refractivity contribution in [3.8, 4) is 56.8 Å². The first-order chi connectivity index (χ1) is 17.7. The Morgan fingerprint density at radius 3 is 0.972 bits per heavy atom. The Bertz CT molecular complexity index is 1300. The van der Waals surface area contributed by atoms with E-state index in [1.165, 1.54) is 0 Å². The third-order valence-electron chi connectivity index (χ3n) is 5.83. The molecule has 5 aromatic carbocycles. The van der Waals surface area contributed by atoms with Crippen LogP contribution in [0.1, 0.15) is 0 Å². The highest BCUT2D eigenvalue weighted by Crippen LogP contribution is 2.31. The van der Waals surface area contributed by atoms with Crippen molar-refractivity contribution < 1.29 is 18.9 Å². The summed E-state index contributed by atoms with van der Waals surface area (Å²) in [7, 11) is 3.30. The standard InChI is InChI=1S/C32H26O4/c1-33-27-14-18-31(19-15-27)35-29-10-6-23(7-11-29)25-4-3-5-26(22-25)24-8-12-30(13-9-24)36-32-20-16-28(34-2)17-21-32/h3-22H,1-2H3. The summed E-state index contributed by atoms with van der Waals surface area (Å²) in [5.41, 5.74) is 4.53. The van der Waals surface area contributed by atoms with Gasteiger partial charge in [0.2, 0.25) is 0 Å². The van der Waals surface area contributed by atoms with E-state index in [0.29, 0.717) is 0 Å². The average molecular weight is 475 g/mol. The van der Waals surface area contributed by atoms with Gasteiger partial charge in [-0.25, -0.2) is 0 Å². The van der Waals surface area contributed by atoms with Crippen molar-refractivity contribution in [3.63, 3.8) is 0 Å². The lowest BCUT2D eigenvalue weighted by Gasteiger charge is -2.10. The normalized spacial score (nSPS) is 10.5. The number of ether oxygens (including phenoxy) is 4. The molecule has 0 amide bonds. The van der Waals surface area contributed by atoms with Crippen molar-refractivity contribution in [2.24, 2.45) is 0 Å². The minimum atomic E-state index is 0.768. The lowest BCUT2D eigenvalue weighted by atomic mass is 9.99. The van der Waals surface area contributed by atoms with E-state index in [1.807, 2.05) is 72.8 Å². The van der Waals surface area contributed by atoms with Crippen LogP contribution < -0.4 is 18.9 Å². The zero-order chi connectivity index (χ0) is 24.7. The van der Waals surface area contributed by atoms with Crippen LogP contribution in [0.5, 0.6) is 34.5 Å². The van der Waals surface area contributed by atoms with Gasteiger partial charge in [0.25, 0.3) is 0 Å². The second-order valence-corrected chi connectivity index (χ2v) is 8.18. The van der Waals surface area contributed by atoms with Gasteiger partial charge >= 0.3 is 0 Å². The van der Waals surface area contributed by atoms with Crippen LogP contribution in [0.15, 0.2) is 121 Å². The van der Waals surface area contributed by atoms with Gasteiger partial charge < -0.3 is 18.9 Å². The molecular formula is C32H26O4. The van der Waals surface area contributed by atoms with Gasteiger partial charge in [-0.2, -0.15) is 0 Å². The highest BCUT2D eigenvalue weighted by molar-refractivity contribution is 5.73. The summed E-state index contributed by atoms with van der Waals surface area (Å²) in [6, 6.07) is 39.8. The number of benzene rings is 5. The predicted molar refractivity (Wildman–Crippen MR) is 143 cm³/mol. The molecule has 0 aliphatic rings. The Labute approximate surface area is 211 Å². The molecule has 5 aromatic rings. The van der Waals surface area contributed by atoms with Crippen molar-refractivity contribution in [2.75, 3.05) is 14.2 Å². The van der Waals surface area contributed by atoms with E-state index in [0.717, 1.165) is 56.8 Å². The van der Waals surface area contributed by atoms with Crippen LogP contribution in [-0.2, 0) is 0 Å². The van der Waals surface area contributed by atoms with Crippen LogP contribution in [0.3, 0.4) is 0 Å². The minimum Gasteiger partial charge on any atom is -0.497 e. The summed E-state index contributed by atoms with van der Waals surface area (Å²) in [6.45, 7) is 0. The molecule has 0 aliphatic heterocycles. The van der Waals surface area contributed by atoms with E-state index in [-0.39, 0.29) is 0 Å². The summed E-state index contributed by atoms with van der Waals surface area (Å²) >= 11 is 0.